The Kier molecular flexibility index (Phi) is 5.72. The van der Waals surface area contributed by atoms with Gasteiger partial charge in [-0.3, -0.25) is 9.59 Å². The highest BCUT2D eigenvalue weighted by Gasteiger charge is 2.28. The van der Waals surface area contributed by atoms with E-state index < -0.39 is 23.4 Å². The number of hydrazone groups is 1. The summed E-state index contributed by atoms with van der Waals surface area (Å²) in [5.41, 5.74) is 4.35. The number of aromatic hydroxyl groups is 1. The molecule has 0 aliphatic heterocycles. The van der Waals surface area contributed by atoms with Crippen molar-refractivity contribution in [2.24, 2.45) is 5.10 Å². The second-order valence-corrected chi connectivity index (χ2v) is 7.33. The molecule has 3 N–H and O–H groups in total. The summed E-state index contributed by atoms with van der Waals surface area (Å²) in [5.74, 6) is -2.17. The first-order valence-electron chi connectivity index (χ1n) is 9.88. The summed E-state index contributed by atoms with van der Waals surface area (Å²) in [6, 6.07) is 8.59. The molecule has 0 radical (unpaired) electrons. The number of fused-ring (bicyclic) bond motifs is 1. The number of amides is 2. The molecule has 0 bridgehead atoms. The SMILES string of the molecule is Cc1c(C(=O)Nc2ccc(F)cc2F)oc2c1/C(=N/NC(=O)c1ccc(O)cc1)CCC2. The largest absolute Gasteiger partial charge is 0.508 e. The minimum Gasteiger partial charge on any atom is -0.508 e. The molecule has 9 heteroatoms. The molecule has 32 heavy (non-hydrogen) atoms. The van der Waals surface area contributed by atoms with Gasteiger partial charge in [0, 0.05) is 29.2 Å². The van der Waals surface area contributed by atoms with Crippen molar-refractivity contribution >= 4 is 23.2 Å². The van der Waals surface area contributed by atoms with Gasteiger partial charge >= 0.3 is 0 Å². The lowest BCUT2D eigenvalue weighted by Gasteiger charge is -2.13. The predicted octanol–water partition coefficient (Wildman–Crippen LogP) is 4.29. The van der Waals surface area contributed by atoms with Crippen molar-refractivity contribution in [3.63, 3.8) is 0 Å². The number of carbonyl (C=O) groups excluding carboxylic acids is 2. The van der Waals surface area contributed by atoms with Gasteiger partial charge in [-0.05, 0) is 56.2 Å². The molecule has 2 aromatic carbocycles. The number of aryl methyl sites for hydroxylation is 1. The van der Waals surface area contributed by atoms with E-state index in [9.17, 15) is 23.5 Å². The van der Waals surface area contributed by atoms with Crippen molar-refractivity contribution in [3.05, 3.63) is 82.3 Å². The van der Waals surface area contributed by atoms with E-state index >= 15 is 0 Å². The van der Waals surface area contributed by atoms with Crippen LogP contribution in [0.25, 0.3) is 0 Å². The Hall–Kier alpha value is -4.01. The molecular formula is C23H19F2N3O4. The summed E-state index contributed by atoms with van der Waals surface area (Å²) in [7, 11) is 0. The molecule has 4 rings (SSSR count). The third kappa shape index (κ3) is 4.22. The van der Waals surface area contributed by atoms with Crippen LogP contribution in [0.2, 0.25) is 0 Å². The summed E-state index contributed by atoms with van der Waals surface area (Å²) >= 11 is 0. The Morgan fingerprint density at radius 3 is 2.53 bits per heavy atom. The fourth-order valence-electron chi connectivity index (χ4n) is 3.56. The number of nitrogens with zero attached hydrogens (tertiary/aromatic N) is 1. The van der Waals surface area contributed by atoms with Crippen LogP contribution < -0.4 is 10.7 Å². The monoisotopic (exact) mass is 439 g/mol. The lowest BCUT2D eigenvalue weighted by molar-refractivity contribution is 0.0953. The Morgan fingerprint density at radius 2 is 1.81 bits per heavy atom. The maximum absolute atomic E-state index is 13.9. The van der Waals surface area contributed by atoms with Gasteiger partial charge in [-0.25, -0.2) is 14.2 Å². The van der Waals surface area contributed by atoms with E-state index in [0.29, 0.717) is 53.5 Å². The van der Waals surface area contributed by atoms with Gasteiger partial charge in [-0.1, -0.05) is 0 Å². The fraction of sp³-hybridized carbons (Fsp3) is 0.174. The number of phenolic OH excluding ortho intramolecular Hbond substituents is 1. The first kappa shape index (κ1) is 21.2. The number of anilines is 1. The van der Waals surface area contributed by atoms with E-state index in [-0.39, 0.29) is 17.2 Å². The number of furan rings is 1. The molecule has 1 aliphatic rings. The lowest BCUT2D eigenvalue weighted by Crippen LogP contribution is -2.22. The summed E-state index contributed by atoms with van der Waals surface area (Å²) < 4.78 is 32.7. The van der Waals surface area contributed by atoms with Gasteiger partial charge in [0.05, 0.1) is 11.4 Å². The molecule has 0 fully saturated rings. The summed E-state index contributed by atoms with van der Waals surface area (Å²) in [4.78, 5) is 25.0. The molecule has 0 unspecified atom stereocenters. The van der Waals surface area contributed by atoms with E-state index in [1.165, 1.54) is 24.3 Å². The average Bonchev–Trinajstić information content (AvgIpc) is 3.12. The predicted molar refractivity (Wildman–Crippen MR) is 113 cm³/mol. The highest BCUT2D eigenvalue weighted by atomic mass is 19.1. The molecule has 0 spiro atoms. The van der Waals surface area contributed by atoms with Crippen LogP contribution in [-0.2, 0) is 6.42 Å². The third-order valence-corrected chi connectivity index (χ3v) is 5.13. The van der Waals surface area contributed by atoms with E-state index in [2.05, 4.69) is 15.8 Å². The van der Waals surface area contributed by atoms with E-state index in [1.807, 2.05) is 0 Å². The van der Waals surface area contributed by atoms with Crippen LogP contribution in [0.1, 0.15) is 50.6 Å². The highest BCUT2D eigenvalue weighted by molar-refractivity contribution is 6.09. The van der Waals surface area contributed by atoms with Crippen LogP contribution in [-0.4, -0.2) is 22.6 Å². The molecule has 1 aliphatic carbocycles. The van der Waals surface area contributed by atoms with Crippen LogP contribution in [0, 0.1) is 18.6 Å². The van der Waals surface area contributed by atoms with Gasteiger partial charge < -0.3 is 14.8 Å². The van der Waals surface area contributed by atoms with Gasteiger partial charge in [-0.15, -0.1) is 0 Å². The van der Waals surface area contributed by atoms with Gasteiger partial charge in [0.25, 0.3) is 11.8 Å². The quantitative estimate of drug-likeness (QED) is 0.528. The van der Waals surface area contributed by atoms with Crippen molar-refractivity contribution in [1.29, 1.82) is 0 Å². The topological polar surface area (TPSA) is 104 Å². The maximum Gasteiger partial charge on any atom is 0.291 e. The van der Waals surface area contributed by atoms with Crippen LogP contribution in [0.5, 0.6) is 5.75 Å². The Morgan fingerprint density at radius 1 is 1.06 bits per heavy atom. The number of benzene rings is 2. The number of carbonyl (C=O) groups is 2. The molecule has 7 nitrogen and oxygen atoms in total. The summed E-state index contributed by atoms with van der Waals surface area (Å²) in [5, 5.41) is 16.0. The van der Waals surface area contributed by atoms with Gasteiger partial charge in [-0.2, -0.15) is 5.10 Å². The summed E-state index contributed by atoms with van der Waals surface area (Å²) in [6.45, 7) is 1.68. The zero-order valence-corrected chi connectivity index (χ0v) is 17.0. The molecule has 2 amide bonds. The van der Waals surface area contributed by atoms with Crippen LogP contribution >= 0.6 is 0 Å². The molecule has 3 aromatic rings. The number of hydrogen-bond acceptors (Lipinski definition) is 5. The molecule has 0 saturated carbocycles. The lowest BCUT2D eigenvalue weighted by atomic mass is 9.93. The number of rotatable bonds is 4. The molecule has 0 saturated heterocycles. The fourth-order valence-corrected chi connectivity index (χ4v) is 3.56. The van der Waals surface area contributed by atoms with E-state index in [1.54, 1.807) is 6.92 Å². The van der Waals surface area contributed by atoms with Gasteiger partial charge in [0.2, 0.25) is 0 Å². The van der Waals surface area contributed by atoms with Gasteiger partial charge in [0.15, 0.2) is 5.76 Å². The zero-order valence-electron chi connectivity index (χ0n) is 17.0. The molecule has 1 aromatic heterocycles. The molecule has 164 valence electrons. The zero-order chi connectivity index (χ0) is 22.8. The van der Waals surface area contributed by atoms with Gasteiger partial charge in [0.1, 0.15) is 23.1 Å². The third-order valence-electron chi connectivity index (χ3n) is 5.13. The van der Waals surface area contributed by atoms with Crippen molar-refractivity contribution in [2.45, 2.75) is 26.2 Å². The van der Waals surface area contributed by atoms with Crippen LogP contribution in [0.3, 0.4) is 0 Å². The van der Waals surface area contributed by atoms with Crippen LogP contribution in [0.4, 0.5) is 14.5 Å². The molecule has 1 heterocycles. The number of nitrogens with one attached hydrogen (secondary N) is 2. The number of hydrogen-bond donors (Lipinski definition) is 3. The van der Waals surface area contributed by atoms with Crippen molar-refractivity contribution in [2.75, 3.05) is 5.32 Å². The molecule has 0 atom stereocenters. The standard InChI is InChI=1S/C23H19F2N3O4/c1-12-20-18(27-28-22(30)13-5-8-15(29)9-6-13)3-2-4-19(20)32-21(12)23(31)26-17-10-7-14(24)11-16(17)25/h5-11,29H,2-4H2,1H3,(H,26,31)(H,28,30)/b27-18+. The normalized spacial score (nSPS) is 14.2. The van der Waals surface area contributed by atoms with Crippen molar-refractivity contribution in [3.8, 4) is 5.75 Å². The number of halogens is 2. The average molecular weight is 439 g/mol. The highest BCUT2D eigenvalue weighted by Crippen LogP contribution is 2.30. The Balaban J connectivity index is 1.57. The molecular weight excluding hydrogens is 420 g/mol. The maximum atomic E-state index is 13.9. The second kappa shape index (κ2) is 8.62. The van der Waals surface area contributed by atoms with E-state index in [4.69, 9.17) is 4.42 Å². The number of phenols is 1. The summed E-state index contributed by atoms with van der Waals surface area (Å²) in [6.07, 6.45) is 1.86. The van der Waals surface area contributed by atoms with E-state index in [0.717, 1.165) is 12.1 Å². The first-order valence-corrected chi connectivity index (χ1v) is 9.88. The minimum atomic E-state index is -0.897. The second-order valence-electron chi connectivity index (χ2n) is 7.33. The van der Waals surface area contributed by atoms with Crippen molar-refractivity contribution < 1.29 is 27.9 Å². The van der Waals surface area contributed by atoms with Crippen LogP contribution in [0.15, 0.2) is 52.0 Å². The smallest absolute Gasteiger partial charge is 0.291 e. The first-order chi connectivity index (χ1) is 15.3. The van der Waals surface area contributed by atoms with Crippen molar-refractivity contribution in [1.82, 2.24) is 5.43 Å². The Labute approximate surface area is 181 Å². The minimum absolute atomic E-state index is 0.00168. The Bertz CT molecular complexity index is 1230.